The van der Waals surface area contributed by atoms with Gasteiger partial charge < -0.3 is 10.2 Å². The first-order chi connectivity index (χ1) is 12.7. The minimum atomic E-state index is -0.119. The number of likely N-dealkylation sites (N-methyl/N-ethyl adjacent to an activating group) is 1. The lowest BCUT2D eigenvalue weighted by Crippen LogP contribution is -2.33. The van der Waals surface area contributed by atoms with E-state index in [0.29, 0.717) is 28.2 Å². The lowest BCUT2D eigenvalue weighted by molar-refractivity contribution is 0.0789. The molecule has 1 amide bonds. The molecule has 0 aliphatic carbocycles. The summed E-state index contributed by atoms with van der Waals surface area (Å²) in [6.07, 6.45) is 2.50. The minimum Gasteiger partial charge on any atom is -0.337 e. The van der Waals surface area contributed by atoms with Crippen molar-refractivity contribution in [3.05, 3.63) is 70.8 Å². The van der Waals surface area contributed by atoms with E-state index in [0.717, 1.165) is 19.5 Å². The van der Waals surface area contributed by atoms with Crippen LogP contribution in [0.5, 0.6) is 0 Å². The number of aromatic nitrogens is 2. The zero-order chi connectivity index (χ0) is 18.1. The molecule has 0 spiro atoms. The van der Waals surface area contributed by atoms with Crippen molar-refractivity contribution in [2.75, 3.05) is 20.1 Å². The van der Waals surface area contributed by atoms with Crippen LogP contribution in [0.3, 0.4) is 0 Å². The molecule has 1 fully saturated rings. The first kappa shape index (κ1) is 16.5. The molecule has 2 heterocycles. The SMILES string of the molecule is CNC1CCN(C(=O)c2ccc(-n3cnc4ccccc4c3=O)cc2)C1. The largest absolute Gasteiger partial charge is 0.337 e. The Labute approximate surface area is 151 Å². The fourth-order valence-electron chi connectivity index (χ4n) is 3.38. The molecule has 3 aromatic rings. The Bertz CT molecular complexity index is 1010. The summed E-state index contributed by atoms with van der Waals surface area (Å²) in [4.78, 5) is 31.5. The Morgan fingerprint density at radius 1 is 1.15 bits per heavy atom. The summed E-state index contributed by atoms with van der Waals surface area (Å²) >= 11 is 0. The number of nitrogens with zero attached hydrogens (tertiary/aromatic N) is 3. The molecule has 26 heavy (non-hydrogen) atoms. The van der Waals surface area contributed by atoms with E-state index in [4.69, 9.17) is 0 Å². The number of carbonyl (C=O) groups is 1. The summed E-state index contributed by atoms with van der Waals surface area (Å²) in [6.45, 7) is 1.49. The maximum atomic E-state index is 12.7. The number of para-hydroxylation sites is 1. The summed E-state index contributed by atoms with van der Waals surface area (Å²) < 4.78 is 1.50. The van der Waals surface area contributed by atoms with E-state index >= 15 is 0 Å². The maximum Gasteiger partial charge on any atom is 0.265 e. The molecule has 1 N–H and O–H groups in total. The summed E-state index contributed by atoms with van der Waals surface area (Å²) in [5.74, 6) is 0.0262. The van der Waals surface area contributed by atoms with Gasteiger partial charge in [0.2, 0.25) is 0 Å². The Kier molecular flexibility index (Phi) is 4.26. The highest BCUT2D eigenvalue weighted by Gasteiger charge is 2.25. The van der Waals surface area contributed by atoms with Crippen molar-refractivity contribution < 1.29 is 4.79 Å². The Hall–Kier alpha value is -2.99. The summed E-state index contributed by atoms with van der Waals surface area (Å²) in [5.41, 5.74) is 1.88. The van der Waals surface area contributed by atoms with Crippen LogP contribution in [-0.2, 0) is 0 Å². The summed E-state index contributed by atoms with van der Waals surface area (Å²) in [6, 6.07) is 14.7. The number of likely N-dealkylation sites (tertiary alicyclic amines) is 1. The highest BCUT2D eigenvalue weighted by atomic mass is 16.2. The molecule has 1 aliphatic rings. The van der Waals surface area contributed by atoms with Gasteiger partial charge in [0.05, 0.1) is 16.6 Å². The van der Waals surface area contributed by atoms with Gasteiger partial charge in [-0.25, -0.2) is 4.98 Å². The van der Waals surface area contributed by atoms with Crippen molar-refractivity contribution in [2.24, 2.45) is 0 Å². The van der Waals surface area contributed by atoms with Gasteiger partial charge in [-0.3, -0.25) is 14.2 Å². The third-order valence-electron chi connectivity index (χ3n) is 4.94. The molecule has 1 aliphatic heterocycles. The van der Waals surface area contributed by atoms with E-state index in [-0.39, 0.29) is 11.5 Å². The highest BCUT2D eigenvalue weighted by molar-refractivity contribution is 5.94. The molecule has 1 atom stereocenters. The van der Waals surface area contributed by atoms with Gasteiger partial charge in [0.1, 0.15) is 6.33 Å². The van der Waals surface area contributed by atoms with Crippen LogP contribution in [0, 0.1) is 0 Å². The second-order valence-corrected chi connectivity index (χ2v) is 6.51. The van der Waals surface area contributed by atoms with Crippen molar-refractivity contribution in [1.29, 1.82) is 0 Å². The summed E-state index contributed by atoms with van der Waals surface area (Å²) in [5, 5.41) is 3.79. The van der Waals surface area contributed by atoms with Crippen molar-refractivity contribution in [1.82, 2.24) is 19.8 Å². The lowest BCUT2D eigenvalue weighted by Gasteiger charge is -2.16. The van der Waals surface area contributed by atoms with E-state index in [2.05, 4.69) is 10.3 Å². The zero-order valence-corrected chi connectivity index (χ0v) is 14.6. The van der Waals surface area contributed by atoms with Crippen molar-refractivity contribution in [3.63, 3.8) is 0 Å². The highest BCUT2D eigenvalue weighted by Crippen LogP contribution is 2.16. The van der Waals surface area contributed by atoms with Crippen molar-refractivity contribution in [2.45, 2.75) is 12.5 Å². The van der Waals surface area contributed by atoms with Crippen LogP contribution >= 0.6 is 0 Å². The fraction of sp³-hybridized carbons (Fsp3) is 0.250. The van der Waals surface area contributed by atoms with Crippen LogP contribution in [0.1, 0.15) is 16.8 Å². The molecule has 6 nitrogen and oxygen atoms in total. The third-order valence-corrected chi connectivity index (χ3v) is 4.94. The Morgan fingerprint density at radius 3 is 2.65 bits per heavy atom. The van der Waals surface area contributed by atoms with Crippen LogP contribution in [-0.4, -0.2) is 46.5 Å². The van der Waals surface area contributed by atoms with Crippen molar-refractivity contribution in [3.8, 4) is 5.69 Å². The third kappa shape index (κ3) is 2.88. The maximum absolute atomic E-state index is 12.7. The molecule has 1 saturated heterocycles. The summed E-state index contributed by atoms with van der Waals surface area (Å²) in [7, 11) is 1.92. The van der Waals surface area contributed by atoms with Crippen LogP contribution < -0.4 is 10.9 Å². The smallest absolute Gasteiger partial charge is 0.265 e. The number of hydrogen-bond acceptors (Lipinski definition) is 4. The van der Waals surface area contributed by atoms with Gasteiger partial charge in [0, 0.05) is 24.7 Å². The molecule has 1 unspecified atom stereocenters. The normalized spacial score (nSPS) is 17.0. The number of carbonyl (C=O) groups excluding carboxylic acids is 1. The number of nitrogens with one attached hydrogen (secondary N) is 1. The van der Waals surface area contributed by atoms with E-state index < -0.39 is 0 Å². The molecule has 6 heteroatoms. The monoisotopic (exact) mass is 348 g/mol. The molecule has 132 valence electrons. The first-order valence-corrected chi connectivity index (χ1v) is 8.71. The lowest BCUT2D eigenvalue weighted by atomic mass is 10.1. The second-order valence-electron chi connectivity index (χ2n) is 6.51. The molecular weight excluding hydrogens is 328 g/mol. The molecule has 4 rings (SSSR count). The van der Waals surface area contributed by atoms with Gasteiger partial charge in [0.15, 0.2) is 0 Å². The standard InChI is InChI=1S/C20H20N4O2/c1-21-15-10-11-23(12-15)19(25)14-6-8-16(9-7-14)24-13-22-18-5-3-2-4-17(18)20(24)26/h2-9,13,15,21H,10-12H2,1H3. The number of amides is 1. The number of fused-ring (bicyclic) bond motifs is 1. The van der Waals surface area contributed by atoms with E-state index in [1.807, 2.05) is 30.1 Å². The van der Waals surface area contributed by atoms with Crippen LogP contribution in [0.25, 0.3) is 16.6 Å². The van der Waals surface area contributed by atoms with Gasteiger partial charge in [0.25, 0.3) is 11.5 Å². The van der Waals surface area contributed by atoms with E-state index in [9.17, 15) is 9.59 Å². The first-order valence-electron chi connectivity index (χ1n) is 8.71. The topological polar surface area (TPSA) is 67.2 Å². The van der Waals surface area contributed by atoms with E-state index in [1.165, 1.54) is 10.9 Å². The second kappa shape index (κ2) is 6.72. The van der Waals surface area contributed by atoms with Gasteiger partial charge >= 0.3 is 0 Å². The molecule has 0 saturated carbocycles. The number of rotatable bonds is 3. The predicted octanol–water partition coefficient (Wildman–Crippen LogP) is 1.82. The molecule has 2 aromatic carbocycles. The van der Waals surface area contributed by atoms with Gasteiger partial charge in [-0.2, -0.15) is 0 Å². The molecule has 0 radical (unpaired) electrons. The quantitative estimate of drug-likeness (QED) is 0.784. The van der Waals surface area contributed by atoms with Crippen molar-refractivity contribution >= 4 is 16.8 Å². The van der Waals surface area contributed by atoms with Crippen LogP contribution in [0.4, 0.5) is 0 Å². The molecule has 0 bridgehead atoms. The number of hydrogen-bond donors (Lipinski definition) is 1. The van der Waals surface area contributed by atoms with E-state index in [1.54, 1.807) is 30.3 Å². The average Bonchev–Trinajstić information content (AvgIpc) is 3.17. The Morgan fingerprint density at radius 2 is 1.92 bits per heavy atom. The number of benzene rings is 2. The predicted molar refractivity (Wildman–Crippen MR) is 101 cm³/mol. The van der Waals surface area contributed by atoms with Gasteiger partial charge in [-0.1, -0.05) is 12.1 Å². The average molecular weight is 348 g/mol. The fourth-order valence-corrected chi connectivity index (χ4v) is 3.38. The van der Waals surface area contributed by atoms with Gasteiger partial charge in [-0.15, -0.1) is 0 Å². The molecular formula is C20H20N4O2. The minimum absolute atomic E-state index is 0.0262. The van der Waals surface area contributed by atoms with Gasteiger partial charge in [-0.05, 0) is 49.9 Å². The van der Waals surface area contributed by atoms with Crippen LogP contribution in [0.2, 0.25) is 0 Å². The Balaban J connectivity index is 1.61. The van der Waals surface area contributed by atoms with Crippen LogP contribution in [0.15, 0.2) is 59.7 Å². The molecule has 1 aromatic heterocycles. The zero-order valence-electron chi connectivity index (χ0n) is 14.6.